The van der Waals surface area contributed by atoms with E-state index in [-0.39, 0.29) is 0 Å². The van der Waals surface area contributed by atoms with Crippen molar-refractivity contribution in [2.75, 3.05) is 11.9 Å². The minimum absolute atomic E-state index is 0.603. The minimum atomic E-state index is 0.603. The molecular weight excluding hydrogens is 349 g/mol. The van der Waals surface area contributed by atoms with Crippen LogP contribution in [-0.2, 0) is 6.42 Å². The Bertz CT molecular complexity index is 426. The van der Waals surface area contributed by atoms with E-state index >= 15 is 0 Å². The van der Waals surface area contributed by atoms with E-state index < -0.39 is 0 Å². The Balaban J connectivity index is 2.35. The molecule has 1 heterocycles. The van der Waals surface area contributed by atoms with Crippen molar-refractivity contribution in [1.82, 2.24) is 9.97 Å². The average Bonchev–Trinajstić information content (AvgIpc) is 2.86. The molecule has 0 spiro atoms. The van der Waals surface area contributed by atoms with Gasteiger partial charge in [-0.2, -0.15) is 0 Å². The number of anilines is 1. The maximum atomic E-state index is 4.88. The van der Waals surface area contributed by atoms with Gasteiger partial charge in [0.25, 0.3) is 0 Å². The molecule has 0 unspecified atom stereocenters. The number of rotatable bonds is 5. The Labute approximate surface area is 130 Å². The highest BCUT2D eigenvalue weighted by molar-refractivity contribution is 14.1. The van der Waals surface area contributed by atoms with E-state index in [4.69, 9.17) is 9.97 Å². The largest absolute Gasteiger partial charge is 0.369 e. The van der Waals surface area contributed by atoms with E-state index in [1.54, 1.807) is 0 Å². The van der Waals surface area contributed by atoms with Crippen molar-refractivity contribution < 1.29 is 0 Å². The lowest BCUT2D eigenvalue weighted by atomic mass is 10.0. The molecule has 0 aromatic carbocycles. The van der Waals surface area contributed by atoms with Gasteiger partial charge in [-0.3, -0.25) is 0 Å². The molecule has 0 atom stereocenters. The Morgan fingerprint density at radius 3 is 2.53 bits per heavy atom. The summed E-state index contributed by atoms with van der Waals surface area (Å²) < 4.78 is 1.24. The van der Waals surface area contributed by atoms with Crippen LogP contribution in [0.2, 0.25) is 0 Å². The number of hydrogen-bond acceptors (Lipinski definition) is 3. The molecule has 0 bridgehead atoms. The summed E-state index contributed by atoms with van der Waals surface area (Å²) in [7, 11) is 0. The van der Waals surface area contributed by atoms with Crippen LogP contribution in [0.15, 0.2) is 0 Å². The van der Waals surface area contributed by atoms with E-state index in [1.165, 1.54) is 34.9 Å². The molecule has 0 saturated heterocycles. The number of nitrogens with zero attached hydrogens (tertiary/aromatic N) is 2. The molecule has 19 heavy (non-hydrogen) atoms. The lowest BCUT2D eigenvalue weighted by molar-refractivity contribution is 0.606. The van der Waals surface area contributed by atoms with Gasteiger partial charge in [0.1, 0.15) is 11.6 Å². The molecule has 1 saturated carbocycles. The van der Waals surface area contributed by atoms with Crippen LogP contribution in [0, 0.1) is 9.49 Å². The zero-order chi connectivity index (χ0) is 13.8. The van der Waals surface area contributed by atoms with Crippen molar-refractivity contribution in [3.63, 3.8) is 0 Å². The van der Waals surface area contributed by atoms with Crippen molar-refractivity contribution >= 4 is 28.4 Å². The Hall–Kier alpha value is -0.390. The van der Waals surface area contributed by atoms with Gasteiger partial charge in [-0.1, -0.05) is 26.7 Å². The molecular formula is C15H24IN3. The second-order valence-corrected chi connectivity index (χ2v) is 6.88. The molecule has 1 aliphatic carbocycles. The second-order valence-electron chi connectivity index (χ2n) is 5.80. The number of halogens is 1. The fourth-order valence-electron chi connectivity index (χ4n) is 2.72. The molecule has 2 rings (SSSR count). The predicted molar refractivity (Wildman–Crippen MR) is 88.7 cm³/mol. The van der Waals surface area contributed by atoms with Gasteiger partial charge < -0.3 is 5.32 Å². The van der Waals surface area contributed by atoms with E-state index in [0.717, 1.165) is 24.6 Å². The summed E-state index contributed by atoms with van der Waals surface area (Å²) in [5.41, 5.74) is 1.29. The van der Waals surface area contributed by atoms with Crippen LogP contribution in [-0.4, -0.2) is 16.5 Å². The van der Waals surface area contributed by atoms with E-state index in [1.807, 2.05) is 0 Å². The quantitative estimate of drug-likeness (QED) is 0.779. The third-order valence-corrected chi connectivity index (χ3v) is 4.66. The van der Waals surface area contributed by atoms with E-state index in [2.05, 4.69) is 48.7 Å². The Morgan fingerprint density at radius 1 is 1.26 bits per heavy atom. The highest BCUT2D eigenvalue weighted by Crippen LogP contribution is 2.37. The molecule has 106 valence electrons. The first-order valence-electron chi connectivity index (χ1n) is 7.42. The van der Waals surface area contributed by atoms with Gasteiger partial charge in [0.2, 0.25) is 0 Å². The van der Waals surface area contributed by atoms with E-state index in [0.29, 0.717) is 11.8 Å². The van der Waals surface area contributed by atoms with Crippen LogP contribution in [0.5, 0.6) is 0 Å². The van der Waals surface area contributed by atoms with Gasteiger partial charge in [0.05, 0.1) is 9.26 Å². The van der Waals surface area contributed by atoms with Crippen LogP contribution in [0.4, 0.5) is 5.82 Å². The standard InChI is InChI=1S/C15H24IN3/c1-4-17-15-13(16)14(11-7-5-6-8-11)18-12(19-15)9-10(2)3/h10-11H,4-9H2,1-3H3,(H,17,18,19). The first-order chi connectivity index (χ1) is 9.11. The van der Waals surface area contributed by atoms with Gasteiger partial charge in [-0.05, 0) is 48.3 Å². The SMILES string of the molecule is CCNc1nc(CC(C)C)nc(C2CCCC2)c1I. The lowest BCUT2D eigenvalue weighted by Crippen LogP contribution is -2.13. The summed E-state index contributed by atoms with van der Waals surface area (Å²) in [4.78, 5) is 9.58. The number of hydrogen-bond donors (Lipinski definition) is 1. The van der Waals surface area contributed by atoms with E-state index in [9.17, 15) is 0 Å². The summed E-state index contributed by atoms with van der Waals surface area (Å²) in [5.74, 6) is 3.30. The van der Waals surface area contributed by atoms with Gasteiger partial charge in [0.15, 0.2) is 0 Å². The first-order valence-corrected chi connectivity index (χ1v) is 8.49. The highest BCUT2D eigenvalue weighted by atomic mass is 127. The van der Waals surface area contributed by atoms with Crippen molar-refractivity contribution in [3.8, 4) is 0 Å². The minimum Gasteiger partial charge on any atom is -0.369 e. The third kappa shape index (κ3) is 3.80. The fraction of sp³-hybridized carbons (Fsp3) is 0.733. The monoisotopic (exact) mass is 373 g/mol. The lowest BCUT2D eigenvalue weighted by Gasteiger charge is -2.16. The van der Waals surface area contributed by atoms with Crippen molar-refractivity contribution in [2.45, 2.75) is 58.8 Å². The first kappa shape index (κ1) is 15.0. The molecule has 0 radical (unpaired) electrons. The van der Waals surface area contributed by atoms with Gasteiger partial charge in [-0.15, -0.1) is 0 Å². The van der Waals surface area contributed by atoms with Crippen LogP contribution < -0.4 is 5.32 Å². The van der Waals surface area contributed by atoms with Crippen LogP contribution in [0.25, 0.3) is 0 Å². The molecule has 0 aliphatic heterocycles. The topological polar surface area (TPSA) is 37.8 Å². The average molecular weight is 373 g/mol. The maximum Gasteiger partial charge on any atom is 0.143 e. The third-order valence-electron chi connectivity index (χ3n) is 3.60. The van der Waals surface area contributed by atoms with Crippen LogP contribution in [0.3, 0.4) is 0 Å². The molecule has 3 nitrogen and oxygen atoms in total. The molecule has 1 N–H and O–H groups in total. The molecule has 1 aliphatic rings. The van der Waals surface area contributed by atoms with Crippen LogP contribution in [0.1, 0.15) is 63.9 Å². The van der Waals surface area contributed by atoms with Gasteiger partial charge in [0, 0.05) is 18.9 Å². The summed E-state index contributed by atoms with van der Waals surface area (Å²) in [6.45, 7) is 7.49. The predicted octanol–water partition coefficient (Wildman–Crippen LogP) is 4.37. The van der Waals surface area contributed by atoms with Crippen molar-refractivity contribution in [1.29, 1.82) is 0 Å². The second kappa shape index (κ2) is 6.86. The summed E-state index contributed by atoms with van der Waals surface area (Å²) in [5, 5.41) is 3.39. The summed E-state index contributed by atoms with van der Waals surface area (Å²) in [6.07, 6.45) is 6.25. The maximum absolute atomic E-state index is 4.88. The van der Waals surface area contributed by atoms with Crippen LogP contribution >= 0.6 is 22.6 Å². The van der Waals surface area contributed by atoms with Crippen molar-refractivity contribution in [2.24, 2.45) is 5.92 Å². The molecule has 4 heteroatoms. The molecule has 1 aromatic heterocycles. The smallest absolute Gasteiger partial charge is 0.143 e. The molecule has 0 amide bonds. The number of nitrogens with one attached hydrogen (secondary N) is 1. The molecule has 1 fully saturated rings. The highest BCUT2D eigenvalue weighted by Gasteiger charge is 2.23. The van der Waals surface area contributed by atoms with Gasteiger partial charge >= 0.3 is 0 Å². The Kier molecular flexibility index (Phi) is 5.42. The van der Waals surface area contributed by atoms with Crippen molar-refractivity contribution in [3.05, 3.63) is 15.1 Å². The molecule has 1 aromatic rings. The van der Waals surface area contributed by atoms with Gasteiger partial charge in [-0.25, -0.2) is 9.97 Å². The zero-order valence-electron chi connectivity index (χ0n) is 12.2. The zero-order valence-corrected chi connectivity index (χ0v) is 14.3. The fourth-order valence-corrected chi connectivity index (χ4v) is 3.60. The summed E-state index contributed by atoms with van der Waals surface area (Å²) >= 11 is 2.42. The normalized spacial score (nSPS) is 16.3. The summed E-state index contributed by atoms with van der Waals surface area (Å²) in [6, 6.07) is 0. The number of aromatic nitrogens is 2. The Morgan fingerprint density at radius 2 is 1.95 bits per heavy atom.